The second-order valence-corrected chi connectivity index (χ2v) is 7.25. The van der Waals surface area contributed by atoms with Gasteiger partial charge in [0.25, 0.3) is 0 Å². The molecule has 1 aliphatic heterocycles. The molecule has 0 bridgehead atoms. The zero-order valence-electron chi connectivity index (χ0n) is 17.1. The van der Waals surface area contributed by atoms with E-state index in [1.54, 1.807) is 6.08 Å². The summed E-state index contributed by atoms with van der Waals surface area (Å²) in [4.78, 5) is 16.9. The van der Waals surface area contributed by atoms with Crippen LogP contribution in [0, 0.1) is 13.8 Å². The molecule has 1 amide bonds. The average Bonchev–Trinajstić information content (AvgIpc) is 2.73. The van der Waals surface area contributed by atoms with Crippen molar-refractivity contribution in [2.45, 2.75) is 27.2 Å². The predicted molar refractivity (Wildman–Crippen MR) is 116 cm³/mol. The first-order chi connectivity index (χ1) is 13.6. The molecular weight excluding hydrogens is 348 g/mol. The molecule has 1 aliphatic rings. The number of piperazine rings is 1. The zero-order chi connectivity index (χ0) is 19.9. The highest BCUT2D eigenvalue weighted by Gasteiger charge is 2.21. The smallest absolute Gasteiger partial charge is 0.246 e. The quantitative estimate of drug-likeness (QED) is 0.696. The lowest BCUT2D eigenvalue weighted by Crippen LogP contribution is -2.48. The van der Waals surface area contributed by atoms with Crippen molar-refractivity contribution in [2.24, 2.45) is 0 Å². The summed E-state index contributed by atoms with van der Waals surface area (Å²) in [6, 6.07) is 14.3. The van der Waals surface area contributed by atoms with Crippen LogP contribution >= 0.6 is 0 Å². The van der Waals surface area contributed by atoms with Gasteiger partial charge < -0.3 is 14.5 Å². The van der Waals surface area contributed by atoms with E-state index in [1.165, 1.54) is 16.8 Å². The topological polar surface area (TPSA) is 32.8 Å². The molecule has 1 saturated heterocycles. The summed E-state index contributed by atoms with van der Waals surface area (Å²) in [5.41, 5.74) is 4.86. The van der Waals surface area contributed by atoms with Gasteiger partial charge in [0.15, 0.2) is 0 Å². The maximum Gasteiger partial charge on any atom is 0.246 e. The second kappa shape index (κ2) is 9.45. The van der Waals surface area contributed by atoms with E-state index < -0.39 is 0 Å². The monoisotopic (exact) mass is 378 g/mol. The minimum atomic E-state index is 0.0610. The van der Waals surface area contributed by atoms with Crippen molar-refractivity contribution in [2.75, 3.05) is 37.7 Å². The molecule has 0 N–H and O–H groups in total. The van der Waals surface area contributed by atoms with Gasteiger partial charge >= 0.3 is 0 Å². The average molecular weight is 379 g/mol. The molecule has 2 aromatic rings. The minimum Gasteiger partial charge on any atom is -0.493 e. The molecule has 0 aromatic heterocycles. The van der Waals surface area contributed by atoms with E-state index in [4.69, 9.17) is 4.74 Å². The Balaban J connectivity index is 1.60. The van der Waals surface area contributed by atoms with Crippen LogP contribution in [0.1, 0.15) is 30.0 Å². The molecule has 4 nitrogen and oxygen atoms in total. The molecule has 0 radical (unpaired) electrons. The molecule has 1 fully saturated rings. The largest absolute Gasteiger partial charge is 0.493 e. The lowest BCUT2D eigenvalue weighted by molar-refractivity contribution is -0.126. The van der Waals surface area contributed by atoms with Crippen LogP contribution < -0.4 is 9.64 Å². The highest BCUT2D eigenvalue weighted by atomic mass is 16.5. The highest BCUT2D eigenvalue weighted by Crippen LogP contribution is 2.24. The van der Waals surface area contributed by atoms with Crippen LogP contribution in [-0.4, -0.2) is 43.6 Å². The van der Waals surface area contributed by atoms with Gasteiger partial charge in [-0.2, -0.15) is 0 Å². The number of ether oxygens (including phenoxy) is 1. The first-order valence-corrected chi connectivity index (χ1v) is 10.1. The molecule has 0 spiro atoms. The predicted octanol–water partition coefficient (Wildman–Crippen LogP) is 4.45. The molecule has 2 aromatic carbocycles. The van der Waals surface area contributed by atoms with Gasteiger partial charge in [-0.3, -0.25) is 4.79 Å². The maximum absolute atomic E-state index is 12.6. The number of hydrogen-bond donors (Lipinski definition) is 0. The summed E-state index contributed by atoms with van der Waals surface area (Å²) >= 11 is 0. The molecule has 28 heavy (non-hydrogen) atoms. The normalized spacial score (nSPS) is 14.5. The van der Waals surface area contributed by atoms with Crippen molar-refractivity contribution < 1.29 is 9.53 Å². The summed E-state index contributed by atoms with van der Waals surface area (Å²) in [6.07, 6.45) is 4.49. The van der Waals surface area contributed by atoms with Crippen LogP contribution in [0.5, 0.6) is 5.75 Å². The van der Waals surface area contributed by atoms with Crippen LogP contribution in [-0.2, 0) is 4.79 Å². The van der Waals surface area contributed by atoms with E-state index in [-0.39, 0.29) is 5.91 Å². The number of rotatable bonds is 6. The van der Waals surface area contributed by atoms with E-state index in [0.29, 0.717) is 6.61 Å². The highest BCUT2D eigenvalue weighted by molar-refractivity contribution is 5.92. The fourth-order valence-corrected chi connectivity index (χ4v) is 3.47. The summed E-state index contributed by atoms with van der Waals surface area (Å²) in [7, 11) is 0. The second-order valence-electron chi connectivity index (χ2n) is 7.25. The third kappa shape index (κ3) is 4.75. The number of para-hydroxylation sites is 1. The minimum absolute atomic E-state index is 0.0610. The zero-order valence-corrected chi connectivity index (χ0v) is 17.1. The SMILES string of the molecule is CCCOc1ccccc1/C=C/C(=O)N1CCN(c2cccc(C)c2C)CC1. The van der Waals surface area contributed by atoms with E-state index in [1.807, 2.05) is 35.2 Å². The summed E-state index contributed by atoms with van der Waals surface area (Å²) in [6.45, 7) is 10.3. The van der Waals surface area contributed by atoms with Gasteiger partial charge in [-0.25, -0.2) is 0 Å². The summed E-state index contributed by atoms with van der Waals surface area (Å²) in [5, 5.41) is 0. The van der Waals surface area contributed by atoms with Gasteiger partial charge in [0.1, 0.15) is 5.75 Å². The van der Waals surface area contributed by atoms with E-state index in [0.717, 1.165) is 43.9 Å². The first kappa shape index (κ1) is 20.0. The van der Waals surface area contributed by atoms with E-state index >= 15 is 0 Å². The van der Waals surface area contributed by atoms with Crippen LogP contribution in [0.15, 0.2) is 48.5 Å². The van der Waals surface area contributed by atoms with Crippen molar-refractivity contribution in [1.29, 1.82) is 0 Å². The number of aryl methyl sites for hydroxylation is 1. The summed E-state index contributed by atoms with van der Waals surface area (Å²) in [5.74, 6) is 0.888. The first-order valence-electron chi connectivity index (χ1n) is 10.1. The number of benzene rings is 2. The van der Waals surface area contributed by atoms with E-state index in [2.05, 4.69) is 43.9 Å². The lowest BCUT2D eigenvalue weighted by Gasteiger charge is -2.36. The van der Waals surface area contributed by atoms with Gasteiger partial charge in [-0.1, -0.05) is 37.3 Å². The molecule has 0 saturated carbocycles. The lowest BCUT2D eigenvalue weighted by atomic mass is 10.1. The standard InChI is InChI=1S/C24H30N2O2/c1-4-18-28-23-11-6-5-9-21(23)12-13-24(27)26-16-14-25(15-17-26)22-10-7-8-19(2)20(22)3/h5-13H,4,14-18H2,1-3H3/b13-12+. The van der Waals surface area contributed by atoms with Crippen LogP contribution in [0.25, 0.3) is 6.08 Å². The molecule has 0 atom stereocenters. The third-order valence-corrected chi connectivity index (χ3v) is 5.29. The van der Waals surface area contributed by atoms with Gasteiger partial charge in [0, 0.05) is 43.5 Å². The number of hydrogen-bond acceptors (Lipinski definition) is 3. The Morgan fingerprint density at radius 2 is 1.79 bits per heavy atom. The van der Waals surface area contributed by atoms with Crippen LogP contribution in [0.2, 0.25) is 0 Å². The van der Waals surface area contributed by atoms with Crippen LogP contribution in [0.3, 0.4) is 0 Å². The fraction of sp³-hybridized carbons (Fsp3) is 0.375. The number of anilines is 1. The Morgan fingerprint density at radius 1 is 1.04 bits per heavy atom. The number of carbonyl (C=O) groups is 1. The summed E-state index contributed by atoms with van der Waals surface area (Å²) < 4.78 is 5.77. The molecule has 148 valence electrons. The maximum atomic E-state index is 12.6. The van der Waals surface area contributed by atoms with Crippen LogP contribution in [0.4, 0.5) is 5.69 Å². The van der Waals surface area contributed by atoms with E-state index in [9.17, 15) is 4.79 Å². The fourth-order valence-electron chi connectivity index (χ4n) is 3.47. The van der Waals surface area contributed by atoms with Crippen molar-refractivity contribution in [1.82, 2.24) is 4.90 Å². The van der Waals surface area contributed by atoms with Gasteiger partial charge in [0.05, 0.1) is 6.61 Å². The van der Waals surface area contributed by atoms with Gasteiger partial charge in [0.2, 0.25) is 5.91 Å². The Morgan fingerprint density at radius 3 is 2.54 bits per heavy atom. The van der Waals surface area contributed by atoms with Gasteiger partial charge in [-0.15, -0.1) is 0 Å². The Kier molecular flexibility index (Phi) is 6.75. The van der Waals surface area contributed by atoms with Crippen molar-refractivity contribution in [3.05, 3.63) is 65.2 Å². The van der Waals surface area contributed by atoms with Gasteiger partial charge in [-0.05, 0) is 49.6 Å². The molecular formula is C24H30N2O2. The molecule has 3 rings (SSSR count). The molecule has 4 heteroatoms. The van der Waals surface area contributed by atoms with Crippen molar-refractivity contribution in [3.8, 4) is 5.75 Å². The Bertz CT molecular complexity index is 836. The Labute approximate surface area is 168 Å². The molecule has 1 heterocycles. The number of carbonyl (C=O) groups excluding carboxylic acids is 1. The van der Waals surface area contributed by atoms with Crippen molar-refractivity contribution in [3.63, 3.8) is 0 Å². The Hall–Kier alpha value is -2.75. The molecule has 0 unspecified atom stereocenters. The number of amides is 1. The van der Waals surface area contributed by atoms with Crippen molar-refractivity contribution >= 4 is 17.7 Å². The number of nitrogens with zero attached hydrogens (tertiary/aromatic N) is 2. The molecule has 0 aliphatic carbocycles. The third-order valence-electron chi connectivity index (χ3n) is 5.29.